The highest BCUT2D eigenvalue weighted by Gasteiger charge is 2.09. The molecule has 3 aromatic rings. The number of aromatic nitrogens is 1. The van der Waals surface area contributed by atoms with Crippen molar-refractivity contribution in [3.8, 4) is 11.5 Å². The minimum atomic E-state index is 0. The second-order valence-corrected chi connectivity index (χ2v) is 7.61. The van der Waals surface area contributed by atoms with Gasteiger partial charge in [0.15, 0.2) is 5.96 Å². The largest absolute Gasteiger partial charge is 0.444 e. The Morgan fingerprint density at radius 1 is 1.09 bits per heavy atom. The highest BCUT2D eigenvalue weighted by atomic mass is 127. The molecule has 2 N–H and O–H groups in total. The number of guanidine groups is 1. The SMILES string of the molecule is CCNC(=NCc1cccc(N2CC=CC2)c1)NCc1coc(-c2ccc(C)cc2)n1.I. The summed E-state index contributed by atoms with van der Waals surface area (Å²) in [5.74, 6) is 1.39. The minimum absolute atomic E-state index is 0. The van der Waals surface area contributed by atoms with Gasteiger partial charge in [0.2, 0.25) is 5.89 Å². The molecule has 1 aliphatic rings. The molecule has 0 amide bonds. The summed E-state index contributed by atoms with van der Waals surface area (Å²) in [7, 11) is 0. The highest BCUT2D eigenvalue weighted by molar-refractivity contribution is 14.0. The fraction of sp³-hybridized carbons (Fsp3) is 0.280. The van der Waals surface area contributed by atoms with Crippen LogP contribution in [0.15, 0.2) is 76.4 Å². The van der Waals surface area contributed by atoms with Gasteiger partial charge in [0.1, 0.15) is 6.26 Å². The lowest BCUT2D eigenvalue weighted by Crippen LogP contribution is -2.36. The van der Waals surface area contributed by atoms with Gasteiger partial charge in [0.05, 0.1) is 18.8 Å². The van der Waals surface area contributed by atoms with Crippen molar-refractivity contribution in [2.45, 2.75) is 26.9 Å². The molecule has 0 saturated carbocycles. The third-order valence-electron chi connectivity index (χ3n) is 5.15. The molecule has 2 heterocycles. The smallest absolute Gasteiger partial charge is 0.226 e. The molecule has 4 rings (SSSR count). The maximum absolute atomic E-state index is 5.65. The van der Waals surface area contributed by atoms with Crippen molar-refractivity contribution in [2.75, 3.05) is 24.5 Å². The summed E-state index contributed by atoms with van der Waals surface area (Å²) < 4.78 is 5.65. The van der Waals surface area contributed by atoms with E-state index in [1.165, 1.54) is 16.8 Å². The van der Waals surface area contributed by atoms with Crippen LogP contribution in [0.2, 0.25) is 0 Å². The molecule has 0 unspecified atom stereocenters. The van der Waals surface area contributed by atoms with E-state index >= 15 is 0 Å². The van der Waals surface area contributed by atoms with E-state index in [1.54, 1.807) is 6.26 Å². The Morgan fingerprint density at radius 2 is 1.88 bits per heavy atom. The minimum Gasteiger partial charge on any atom is -0.444 e. The van der Waals surface area contributed by atoms with Gasteiger partial charge in [-0.25, -0.2) is 9.98 Å². The van der Waals surface area contributed by atoms with Crippen LogP contribution in [0.3, 0.4) is 0 Å². The summed E-state index contributed by atoms with van der Waals surface area (Å²) in [6.45, 7) is 8.01. The summed E-state index contributed by atoms with van der Waals surface area (Å²) in [5, 5.41) is 6.64. The molecule has 0 bridgehead atoms. The molecule has 2 aromatic carbocycles. The van der Waals surface area contributed by atoms with Crippen LogP contribution in [0.1, 0.15) is 23.7 Å². The van der Waals surface area contributed by atoms with Crippen molar-refractivity contribution < 1.29 is 4.42 Å². The normalized spacial score (nSPS) is 13.2. The number of nitrogens with one attached hydrogen (secondary N) is 2. The van der Waals surface area contributed by atoms with Gasteiger partial charge in [0, 0.05) is 30.9 Å². The lowest BCUT2D eigenvalue weighted by atomic mass is 10.1. The van der Waals surface area contributed by atoms with Gasteiger partial charge in [0.25, 0.3) is 0 Å². The lowest BCUT2D eigenvalue weighted by molar-refractivity contribution is 0.572. The van der Waals surface area contributed by atoms with Crippen molar-refractivity contribution in [1.82, 2.24) is 15.6 Å². The van der Waals surface area contributed by atoms with Gasteiger partial charge in [-0.1, -0.05) is 42.0 Å². The van der Waals surface area contributed by atoms with Gasteiger partial charge in [-0.15, -0.1) is 24.0 Å². The second-order valence-electron chi connectivity index (χ2n) is 7.61. The molecular weight excluding hydrogens is 513 g/mol. The van der Waals surface area contributed by atoms with Crippen molar-refractivity contribution in [3.63, 3.8) is 0 Å². The van der Waals surface area contributed by atoms with Crippen molar-refractivity contribution in [1.29, 1.82) is 0 Å². The van der Waals surface area contributed by atoms with E-state index in [0.717, 1.165) is 36.9 Å². The summed E-state index contributed by atoms with van der Waals surface area (Å²) in [6.07, 6.45) is 6.09. The lowest BCUT2D eigenvalue weighted by Gasteiger charge is -2.18. The molecule has 0 spiro atoms. The molecule has 0 fully saturated rings. The van der Waals surface area contributed by atoms with Gasteiger partial charge >= 0.3 is 0 Å². The van der Waals surface area contributed by atoms with Gasteiger partial charge in [-0.05, 0) is 43.7 Å². The Hall–Kier alpha value is -2.81. The van der Waals surface area contributed by atoms with Crippen LogP contribution < -0.4 is 15.5 Å². The van der Waals surface area contributed by atoms with E-state index in [9.17, 15) is 0 Å². The van der Waals surface area contributed by atoms with Gasteiger partial charge < -0.3 is 20.0 Å². The molecule has 32 heavy (non-hydrogen) atoms. The Labute approximate surface area is 206 Å². The van der Waals surface area contributed by atoms with Crippen LogP contribution in [-0.4, -0.2) is 30.6 Å². The topological polar surface area (TPSA) is 65.7 Å². The summed E-state index contributed by atoms with van der Waals surface area (Å²) >= 11 is 0. The highest BCUT2D eigenvalue weighted by Crippen LogP contribution is 2.20. The van der Waals surface area contributed by atoms with Gasteiger partial charge in [-0.3, -0.25) is 0 Å². The Morgan fingerprint density at radius 3 is 2.62 bits per heavy atom. The number of rotatable bonds is 7. The van der Waals surface area contributed by atoms with Crippen LogP contribution >= 0.6 is 24.0 Å². The maximum Gasteiger partial charge on any atom is 0.226 e. The predicted octanol–water partition coefficient (Wildman–Crippen LogP) is 4.90. The van der Waals surface area contributed by atoms with Crippen molar-refractivity contribution in [3.05, 3.63) is 83.8 Å². The van der Waals surface area contributed by atoms with E-state index in [-0.39, 0.29) is 24.0 Å². The van der Waals surface area contributed by atoms with Crippen LogP contribution in [0.4, 0.5) is 5.69 Å². The first-order valence-electron chi connectivity index (χ1n) is 10.7. The molecule has 6 nitrogen and oxygen atoms in total. The zero-order chi connectivity index (χ0) is 21.5. The van der Waals surface area contributed by atoms with Crippen molar-refractivity contribution in [2.24, 2.45) is 4.99 Å². The van der Waals surface area contributed by atoms with E-state index in [2.05, 4.69) is 82.9 Å². The van der Waals surface area contributed by atoms with Crippen LogP contribution in [-0.2, 0) is 13.1 Å². The predicted molar refractivity (Wildman–Crippen MR) is 142 cm³/mol. The molecular formula is C25H30IN5O. The maximum atomic E-state index is 5.65. The number of aryl methyl sites for hydroxylation is 1. The number of nitrogens with zero attached hydrogens (tertiary/aromatic N) is 3. The van der Waals surface area contributed by atoms with E-state index < -0.39 is 0 Å². The third-order valence-corrected chi connectivity index (χ3v) is 5.15. The van der Waals surface area contributed by atoms with Crippen LogP contribution in [0.5, 0.6) is 0 Å². The summed E-state index contributed by atoms with van der Waals surface area (Å²) in [5.41, 5.74) is 5.45. The molecule has 0 aliphatic carbocycles. The average molecular weight is 543 g/mol. The second kappa shape index (κ2) is 11.7. The number of anilines is 1. The molecule has 1 aliphatic heterocycles. The number of oxazole rings is 1. The van der Waals surface area contributed by atoms with Crippen LogP contribution in [0, 0.1) is 6.92 Å². The Balaban J connectivity index is 0.00000289. The quantitative estimate of drug-likeness (QED) is 0.192. The molecule has 0 atom stereocenters. The summed E-state index contributed by atoms with van der Waals surface area (Å²) in [4.78, 5) is 11.7. The molecule has 0 radical (unpaired) electrons. The number of benzene rings is 2. The molecule has 7 heteroatoms. The fourth-order valence-electron chi connectivity index (χ4n) is 3.44. The van der Waals surface area contributed by atoms with E-state index in [1.807, 2.05) is 12.1 Å². The zero-order valence-electron chi connectivity index (χ0n) is 18.5. The van der Waals surface area contributed by atoms with E-state index in [0.29, 0.717) is 19.0 Å². The molecule has 168 valence electrons. The molecule has 0 saturated heterocycles. The first-order valence-corrected chi connectivity index (χ1v) is 10.7. The standard InChI is InChI=1S/C25H29N5O.HI/c1-3-26-25(27-16-20-7-6-8-23(15-20)30-13-4-5-14-30)28-17-22-18-31-24(29-22)21-11-9-19(2)10-12-21;/h4-12,15,18H,3,13-14,16-17H2,1-2H3,(H2,26,27,28);1H. The first kappa shape index (κ1) is 23.8. The van der Waals surface area contributed by atoms with Gasteiger partial charge in [-0.2, -0.15) is 0 Å². The number of halogens is 1. The summed E-state index contributed by atoms with van der Waals surface area (Å²) in [6, 6.07) is 16.7. The monoisotopic (exact) mass is 543 g/mol. The fourth-order valence-corrected chi connectivity index (χ4v) is 3.44. The first-order chi connectivity index (χ1) is 15.2. The number of hydrogen-bond acceptors (Lipinski definition) is 4. The number of aliphatic imine (C=N–C) groups is 1. The van der Waals surface area contributed by atoms with Crippen molar-refractivity contribution >= 4 is 35.6 Å². The zero-order valence-corrected chi connectivity index (χ0v) is 20.9. The van der Waals surface area contributed by atoms with Crippen LogP contribution in [0.25, 0.3) is 11.5 Å². The average Bonchev–Trinajstić information content (AvgIpc) is 3.49. The number of hydrogen-bond donors (Lipinski definition) is 2. The third kappa shape index (κ3) is 6.35. The Kier molecular flexibility index (Phi) is 8.72. The Bertz CT molecular complexity index is 1050. The van der Waals surface area contributed by atoms with E-state index in [4.69, 9.17) is 9.41 Å². The molecule has 1 aromatic heterocycles.